The number of hydrogen-bond acceptors (Lipinski definition) is 5. The van der Waals surface area contributed by atoms with E-state index in [4.69, 9.17) is 0 Å². The lowest BCUT2D eigenvalue weighted by atomic mass is 10.3. The van der Waals surface area contributed by atoms with Gasteiger partial charge in [0, 0.05) is 17.8 Å². The molecular formula is C8H9N3O2S. The average molecular weight is 211 g/mol. The second-order valence-electron chi connectivity index (χ2n) is 3.00. The minimum absolute atomic E-state index is 0.0869. The fourth-order valence-electron chi connectivity index (χ4n) is 1.23. The summed E-state index contributed by atoms with van der Waals surface area (Å²) in [4.78, 5) is 7.85. The van der Waals surface area contributed by atoms with Gasteiger partial charge in [0.25, 0.3) is 0 Å². The highest BCUT2D eigenvalue weighted by molar-refractivity contribution is 7.94. The topological polar surface area (TPSA) is 72.0 Å². The summed E-state index contributed by atoms with van der Waals surface area (Å²) < 4.78 is 22.1. The monoisotopic (exact) mass is 211 g/mol. The Morgan fingerprint density at radius 2 is 2.29 bits per heavy atom. The van der Waals surface area contributed by atoms with Crippen molar-refractivity contribution in [1.82, 2.24) is 9.97 Å². The minimum atomic E-state index is -3.01. The normalized spacial score (nSPS) is 23.6. The molecule has 1 aliphatic rings. The summed E-state index contributed by atoms with van der Waals surface area (Å²) >= 11 is 0. The second kappa shape index (κ2) is 3.38. The van der Waals surface area contributed by atoms with Gasteiger partial charge in [-0.25, -0.2) is 13.4 Å². The SMILES string of the molecule is O=S1(=O)C=CC(Nc2cnccn2)C1. The molecule has 2 rings (SSSR count). The molecule has 0 fully saturated rings. The molecule has 0 aromatic carbocycles. The maximum Gasteiger partial charge on any atom is 0.173 e. The first kappa shape index (κ1) is 9.14. The van der Waals surface area contributed by atoms with Crippen LogP contribution >= 0.6 is 0 Å². The van der Waals surface area contributed by atoms with E-state index in [2.05, 4.69) is 15.3 Å². The number of nitrogens with one attached hydrogen (secondary N) is 1. The zero-order valence-corrected chi connectivity index (χ0v) is 8.11. The van der Waals surface area contributed by atoms with Crippen LogP contribution in [-0.2, 0) is 9.84 Å². The van der Waals surface area contributed by atoms with E-state index >= 15 is 0 Å². The van der Waals surface area contributed by atoms with Crippen molar-refractivity contribution in [3.8, 4) is 0 Å². The van der Waals surface area contributed by atoms with E-state index in [0.29, 0.717) is 5.82 Å². The van der Waals surface area contributed by atoms with Gasteiger partial charge < -0.3 is 5.32 Å². The van der Waals surface area contributed by atoms with E-state index in [-0.39, 0.29) is 11.8 Å². The van der Waals surface area contributed by atoms with Crippen LogP contribution in [0.15, 0.2) is 30.1 Å². The summed E-state index contributed by atoms with van der Waals surface area (Å²) in [6, 6.07) is -0.198. The number of anilines is 1. The molecule has 5 nitrogen and oxygen atoms in total. The summed E-state index contributed by atoms with van der Waals surface area (Å²) in [5, 5.41) is 4.18. The molecule has 1 unspecified atom stereocenters. The second-order valence-corrected chi connectivity index (χ2v) is 4.93. The summed E-state index contributed by atoms with van der Waals surface area (Å²) in [5.74, 6) is 0.670. The van der Waals surface area contributed by atoms with Crippen LogP contribution in [-0.4, -0.2) is 30.2 Å². The zero-order valence-electron chi connectivity index (χ0n) is 7.29. The molecule has 0 saturated carbocycles. The molecule has 0 radical (unpaired) electrons. The van der Waals surface area contributed by atoms with Crippen LogP contribution in [0.5, 0.6) is 0 Å². The van der Waals surface area contributed by atoms with Crippen LogP contribution < -0.4 is 5.32 Å². The van der Waals surface area contributed by atoms with Gasteiger partial charge in [0.2, 0.25) is 0 Å². The third-order valence-corrected chi connectivity index (χ3v) is 3.22. The van der Waals surface area contributed by atoms with Gasteiger partial charge in [-0.05, 0) is 6.08 Å². The quantitative estimate of drug-likeness (QED) is 0.756. The Kier molecular flexibility index (Phi) is 2.20. The molecule has 1 atom stereocenters. The zero-order chi connectivity index (χ0) is 10.0. The van der Waals surface area contributed by atoms with E-state index in [0.717, 1.165) is 0 Å². The first-order valence-electron chi connectivity index (χ1n) is 4.09. The van der Waals surface area contributed by atoms with Crippen molar-refractivity contribution in [2.45, 2.75) is 6.04 Å². The third kappa shape index (κ3) is 2.08. The highest BCUT2D eigenvalue weighted by Gasteiger charge is 2.21. The lowest BCUT2D eigenvalue weighted by Gasteiger charge is -2.08. The fourth-order valence-corrected chi connectivity index (χ4v) is 2.46. The number of rotatable bonds is 2. The molecule has 0 amide bonds. The summed E-state index contributed by atoms with van der Waals surface area (Å²) in [5.41, 5.74) is 0. The predicted octanol–water partition coefficient (Wildman–Crippen LogP) is 0.199. The van der Waals surface area contributed by atoms with Crippen LogP contribution in [0.3, 0.4) is 0 Å². The molecule has 1 aliphatic heterocycles. The van der Waals surface area contributed by atoms with Crippen LogP contribution in [0.2, 0.25) is 0 Å². The van der Waals surface area contributed by atoms with Gasteiger partial charge in [0.1, 0.15) is 5.82 Å². The number of sulfone groups is 1. The maximum atomic E-state index is 11.1. The highest BCUT2D eigenvalue weighted by Crippen LogP contribution is 2.12. The van der Waals surface area contributed by atoms with E-state index in [9.17, 15) is 8.42 Å². The van der Waals surface area contributed by atoms with Crippen molar-refractivity contribution >= 4 is 15.7 Å². The molecule has 14 heavy (non-hydrogen) atoms. The summed E-state index contributed by atoms with van der Waals surface area (Å²) in [6.07, 6.45) is 6.28. The molecule has 0 spiro atoms. The van der Waals surface area contributed by atoms with E-state index < -0.39 is 9.84 Å². The Bertz CT molecular complexity index is 441. The first-order valence-corrected chi connectivity index (χ1v) is 5.81. The van der Waals surface area contributed by atoms with Gasteiger partial charge in [0.05, 0.1) is 18.0 Å². The molecule has 74 valence electrons. The molecule has 2 heterocycles. The van der Waals surface area contributed by atoms with Crippen molar-refractivity contribution < 1.29 is 8.42 Å². The van der Waals surface area contributed by atoms with E-state index in [1.165, 1.54) is 5.41 Å². The standard InChI is InChI=1S/C8H9N3O2S/c12-14(13)4-1-7(6-14)11-8-5-9-2-3-10-8/h1-5,7H,6H2,(H,10,11). The Morgan fingerprint density at radius 1 is 1.43 bits per heavy atom. The summed E-state index contributed by atoms with van der Waals surface area (Å²) in [6.45, 7) is 0. The lowest BCUT2D eigenvalue weighted by molar-refractivity contribution is 0.605. The predicted molar refractivity (Wildman–Crippen MR) is 52.4 cm³/mol. The van der Waals surface area contributed by atoms with E-state index in [1.54, 1.807) is 24.7 Å². The largest absolute Gasteiger partial charge is 0.362 e. The lowest BCUT2D eigenvalue weighted by Crippen LogP contribution is -2.21. The van der Waals surface area contributed by atoms with Crippen molar-refractivity contribution in [3.05, 3.63) is 30.1 Å². The average Bonchev–Trinajstić information content (AvgIpc) is 2.47. The molecule has 0 aliphatic carbocycles. The molecule has 0 bridgehead atoms. The Labute approximate surface area is 81.8 Å². The van der Waals surface area contributed by atoms with Crippen LogP contribution in [0.1, 0.15) is 0 Å². The van der Waals surface area contributed by atoms with Crippen molar-refractivity contribution in [2.75, 3.05) is 11.1 Å². The van der Waals surface area contributed by atoms with Gasteiger partial charge >= 0.3 is 0 Å². The molecule has 1 N–H and O–H groups in total. The third-order valence-electron chi connectivity index (χ3n) is 1.83. The van der Waals surface area contributed by atoms with Gasteiger partial charge in [-0.2, -0.15) is 0 Å². The van der Waals surface area contributed by atoms with Crippen molar-refractivity contribution in [2.24, 2.45) is 0 Å². The first-order chi connectivity index (χ1) is 6.66. The number of aromatic nitrogens is 2. The smallest absolute Gasteiger partial charge is 0.173 e. The van der Waals surface area contributed by atoms with Crippen molar-refractivity contribution in [3.63, 3.8) is 0 Å². The molecule has 0 saturated heterocycles. The van der Waals surface area contributed by atoms with Crippen LogP contribution in [0, 0.1) is 0 Å². The van der Waals surface area contributed by atoms with Crippen LogP contribution in [0.4, 0.5) is 5.82 Å². The number of hydrogen-bond donors (Lipinski definition) is 1. The minimum Gasteiger partial charge on any atom is -0.362 e. The van der Waals surface area contributed by atoms with E-state index in [1.807, 2.05) is 0 Å². The Morgan fingerprint density at radius 3 is 2.86 bits per heavy atom. The van der Waals surface area contributed by atoms with Crippen LogP contribution in [0.25, 0.3) is 0 Å². The fraction of sp³-hybridized carbons (Fsp3) is 0.250. The number of nitrogens with zero attached hydrogens (tertiary/aromatic N) is 2. The maximum absolute atomic E-state index is 11.1. The molecular weight excluding hydrogens is 202 g/mol. The van der Waals surface area contributed by atoms with Gasteiger partial charge in [0.15, 0.2) is 9.84 Å². The van der Waals surface area contributed by atoms with Gasteiger partial charge in [-0.3, -0.25) is 4.98 Å². The molecule has 6 heteroatoms. The Balaban J connectivity index is 2.05. The van der Waals surface area contributed by atoms with Gasteiger partial charge in [-0.15, -0.1) is 0 Å². The van der Waals surface area contributed by atoms with Crippen molar-refractivity contribution in [1.29, 1.82) is 0 Å². The Hall–Kier alpha value is -1.43. The molecule has 1 aromatic heterocycles. The van der Waals surface area contributed by atoms with Gasteiger partial charge in [-0.1, -0.05) is 0 Å². The molecule has 1 aromatic rings. The summed E-state index contributed by atoms with van der Waals surface area (Å²) in [7, 11) is -3.01. The highest BCUT2D eigenvalue weighted by atomic mass is 32.2.